The van der Waals surface area contributed by atoms with Crippen LogP contribution in [-0.4, -0.2) is 17.0 Å². The fraction of sp³-hybridized carbons (Fsp3) is 0.400. The second-order valence-electron chi connectivity index (χ2n) is 6.63. The Bertz CT molecular complexity index is 779. The quantitative estimate of drug-likeness (QED) is 0.825. The molecule has 2 aromatic rings. The molecule has 0 spiro atoms. The number of H-pyrrole nitrogens is 1. The summed E-state index contributed by atoms with van der Waals surface area (Å²) in [6.45, 7) is 1.82. The first-order valence-electron chi connectivity index (χ1n) is 8.42. The molecule has 0 bridgehead atoms. The molecule has 1 unspecified atom stereocenters. The van der Waals surface area contributed by atoms with Crippen molar-refractivity contribution in [2.24, 2.45) is 5.92 Å². The number of carbonyl (C=O) groups excluding carboxylic acids is 1. The van der Waals surface area contributed by atoms with E-state index in [0.29, 0.717) is 24.5 Å². The van der Waals surface area contributed by atoms with Gasteiger partial charge in [0.05, 0.1) is 0 Å². The van der Waals surface area contributed by atoms with Crippen molar-refractivity contribution >= 4 is 17.5 Å². The van der Waals surface area contributed by atoms with Gasteiger partial charge in [0.1, 0.15) is 5.78 Å². The number of aryl methyl sites for hydroxylation is 1. The van der Waals surface area contributed by atoms with Crippen LogP contribution in [0.15, 0.2) is 46.1 Å². The van der Waals surface area contributed by atoms with Crippen LogP contribution in [0.2, 0.25) is 0 Å². The maximum absolute atomic E-state index is 12.1. The Morgan fingerprint density at radius 1 is 1.17 bits per heavy atom. The van der Waals surface area contributed by atoms with E-state index in [-0.39, 0.29) is 11.5 Å². The van der Waals surface area contributed by atoms with E-state index in [4.69, 9.17) is 0 Å². The van der Waals surface area contributed by atoms with Crippen molar-refractivity contribution in [3.05, 3.63) is 63.6 Å². The Balaban J connectivity index is 1.93. The molecule has 4 heteroatoms. The van der Waals surface area contributed by atoms with Crippen LogP contribution in [0.1, 0.15) is 48.4 Å². The van der Waals surface area contributed by atoms with Gasteiger partial charge in [-0.2, -0.15) is 0 Å². The molecule has 0 aliphatic heterocycles. The molecule has 126 valence electrons. The highest BCUT2D eigenvalue weighted by atomic mass is 32.2. The summed E-state index contributed by atoms with van der Waals surface area (Å²) in [6.07, 6.45) is 5.31. The molecule has 1 aromatic heterocycles. The zero-order valence-electron chi connectivity index (χ0n) is 14.2. The summed E-state index contributed by atoms with van der Waals surface area (Å²) < 4.78 is 0. The van der Waals surface area contributed by atoms with Crippen LogP contribution in [0.3, 0.4) is 0 Å². The maximum atomic E-state index is 12.1. The Kier molecular flexibility index (Phi) is 5.24. The van der Waals surface area contributed by atoms with Gasteiger partial charge in [0.15, 0.2) is 0 Å². The second kappa shape index (κ2) is 7.39. The van der Waals surface area contributed by atoms with E-state index in [1.807, 2.05) is 19.1 Å². The summed E-state index contributed by atoms with van der Waals surface area (Å²) in [5.41, 5.74) is 2.85. The third-order valence-electron chi connectivity index (χ3n) is 4.94. The average molecular weight is 341 g/mol. The maximum Gasteiger partial charge on any atom is 0.251 e. The molecule has 1 aromatic carbocycles. The minimum Gasteiger partial charge on any atom is -0.325 e. The number of benzene rings is 1. The number of ketones is 1. The topological polar surface area (TPSA) is 49.9 Å². The highest BCUT2D eigenvalue weighted by molar-refractivity contribution is 7.98. The van der Waals surface area contributed by atoms with Gasteiger partial charge < -0.3 is 4.98 Å². The van der Waals surface area contributed by atoms with E-state index in [1.165, 1.54) is 10.5 Å². The highest BCUT2D eigenvalue weighted by Gasteiger charge is 2.27. The monoisotopic (exact) mass is 341 g/mol. The molecule has 1 saturated carbocycles. The first-order chi connectivity index (χ1) is 11.6. The SMILES string of the molecule is CSc1ccc(C(C[C@H]2CCC(=O)C2)c2ccc(C)c(=O)[nH]2)cc1. The van der Waals surface area contributed by atoms with Crippen LogP contribution < -0.4 is 5.56 Å². The van der Waals surface area contributed by atoms with Gasteiger partial charge in [-0.25, -0.2) is 0 Å². The van der Waals surface area contributed by atoms with Crippen molar-refractivity contribution in [1.82, 2.24) is 4.98 Å². The zero-order chi connectivity index (χ0) is 17.1. The summed E-state index contributed by atoms with van der Waals surface area (Å²) >= 11 is 1.72. The average Bonchev–Trinajstić information content (AvgIpc) is 3.00. The van der Waals surface area contributed by atoms with E-state index in [2.05, 4.69) is 35.5 Å². The van der Waals surface area contributed by atoms with E-state index >= 15 is 0 Å². The van der Waals surface area contributed by atoms with Crippen molar-refractivity contribution in [3.8, 4) is 0 Å². The standard InChI is InChI=1S/C20H23NO2S/c1-13-3-10-19(21-20(13)23)18(12-14-4-7-16(22)11-14)15-5-8-17(24-2)9-6-15/h3,5-6,8-10,14,18H,4,7,11-12H2,1-2H3,(H,21,23)/t14-,18?/m0/s1. The summed E-state index contributed by atoms with van der Waals surface area (Å²) in [5, 5.41) is 0. The fourth-order valence-corrected chi connectivity index (χ4v) is 3.88. The van der Waals surface area contributed by atoms with E-state index in [1.54, 1.807) is 11.8 Å². The van der Waals surface area contributed by atoms with Gasteiger partial charge in [-0.05, 0) is 55.7 Å². The lowest BCUT2D eigenvalue weighted by Gasteiger charge is -2.21. The summed E-state index contributed by atoms with van der Waals surface area (Å²) in [5.74, 6) is 0.909. The number of aromatic amines is 1. The van der Waals surface area contributed by atoms with Crippen LogP contribution in [0.5, 0.6) is 0 Å². The Morgan fingerprint density at radius 3 is 2.50 bits per heavy atom. The smallest absolute Gasteiger partial charge is 0.251 e. The van der Waals surface area contributed by atoms with Gasteiger partial charge in [0.25, 0.3) is 5.56 Å². The van der Waals surface area contributed by atoms with Crippen molar-refractivity contribution in [2.75, 3.05) is 6.26 Å². The van der Waals surface area contributed by atoms with Gasteiger partial charge >= 0.3 is 0 Å². The van der Waals surface area contributed by atoms with Crippen molar-refractivity contribution in [1.29, 1.82) is 0 Å². The summed E-state index contributed by atoms with van der Waals surface area (Å²) in [4.78, 5) is 28.0. The Hall–Kier alpha value is -1.81. The molecule has 1 aliphatic rings. The van der Waals surface area contributed by atoms with Crippen molar-refractivity contribution in [3.63, 3.8) is 0 Å². The van der Waals surface area contributed by atoms with Gasteiger partial charge in [0.2, 0.25) is 0 Å². The van der Waals surface area contributed by atoms with Crippen molar-refractivity contribution < 1.29 is 4.79 Å². The van der Waals surface area contributed by atoms with Crippen LogP contribution in [0.25, 0.3) is 0 Å². The minimum atomic E-state index is -0.0271. The molecule has 1 heterocycles. The molecular formula is C20H23NO2S. The van der Waals surface area contributed by atoms with E-state index in [9.17, 15) is 9.59 Å². The van der Waals surface area contributed by atoms with E-state index in [0.717, 1.165) is 24.1 Å². The summed E-state index contributed by atoms with van der Waals surface area (Å²) in [6, 6.07) is 12.4. The molecule has 0 amide bonds. The number of aromatic nitrogens is 1. The van der Waals surface area contributed by atoms with Crippen LogP contribution >= 0.6 is 11.8 Å². The number of Topliss-reactive ketones (excluding diaryl/α,β-unsaturated/α-hetero) is 1. The molecule has 3 nitrogen and oxygen atoms in total. The second-order valence-corrected chi connectivity index (χ2v) is 7.51. The number of hydrogen-bond acceptors (Lipinski definition) is 3. The predicted molar refractivity (Wildman–Crippen MR) is 98.8 cm³/mol. The molecule has 1 N–H and O–H groups in total. The normalized spacial score (nSPS) is 18.8. The largest absolute Gasteiger partial charge is 0.325 e. The third-order valence-corrected chi connectivity index (χ3v) is 5.68. The van der Waals surface area contributed by atoms with Gasteiger partial charge in [-0.3, -0.25) is 9.59 Å². The van der Waals surface area contributed by atoms with Crippen molar-refractivity contribution in [2.45, 2.75) is 43.4 Å². The number of carbonyl (C=O) groups is 1. The van der Waals surface area contributed by atoms with E-state index < -0.39 is 0 Å². The number of thioether (sulfide) groups is 1. The number of hydrogen-bond donors (Lipinski definition) is 1. The van der Waals surface area contributed by atoms with Gasteiger partial charge in [0, 0.05) is 34.9 Å². The predicted octanol–water partition coefficient (Wildman–Crippen LogP) is 4.30. The Labute approximate surface area is 146 Å². The molecular weight excluding hydrogens is 318 g/mol. The lowest BCUT2D eigenvalue weighted by atomic mass is 9.85. The van der Waals surface area contributed by atoms with Gasteiger partial charge in [-0.1, -0.05) is 18.2 Å². The lowest BCUT2D eigenvalue weighted by Crippen LogP contribution is -2.16. The fourth-order valence-electron chi connectivity index (χ4n) is 3.47. The molecule has 1 aliphatic carbocycles. The number of nitrogens with one attached hydrogen (secondary N) is 1. The van der Waals surface area contributed by atoms with Crippen LogP contribution in [0, 0.1) is 12.8 Å². The molecule has 1 fully saturated rings. The molecule has 2 atom stereocenters. The Morgan fingerprint density at radius 2 is 1.92 bits per heavy atom. The zero-order valence-corrected chi connectivity index (χ0v) is 15.0. The highest BCUT2D eigenvalue weighted by Crippen LogP contribution is 2.36. The summed E-state index contributed by atoms with van der Waals surface area (Å²) in [7, 11) is 0. The third kappa shape index (κ3) is 3.81. The first-order valence-corrected chi connectivity index (χ1v) is 9.64. The number of pyridine rings is 1. The molecule has 3 rings (SSSR count). The molecule has 24 heavy (non-hydrogen) atoms. The van der Waals surface area contributed by atoms with Crippen LogP contribution in [0.4, 0.5) is 0 Å². The lowest BCUT2D eigenvalue weighted by molar-refractivity contribution is -0.117. The van der Waals surface area contributed by atoms with Gasteiger partial charge in [-0.15, -0.1) is 11.8 Å². The molecule has 0 radical (unpaired) electrons. The van der Waals surface area contributed by atoms with Crippen LogP contribution in [-0.2, 0) is 4.79 Å². The number of rotatable bonds is 5. The molecule has 0 saturated heterocycles. The minimum absolute atomic E-state index is 0.0271. The first kappa shape index (κ1) is 17.0.